The van der Waals surface area contributed by atoms with Crippen LogP contribution in [-0.2, 0) is 20.1 Å². The summed E-state index contributed by atoms with van der Waals surface area (Å²) in [5.74, 6) is 1.80. The Hall–Kier alpha value is -4.68. The summed E-state index contributed by atoms with van der Waals surface area (Å²) in [5, 5.41) is 3.44. The molecule has 0 unspecified atom stereocenters. The van der Waals surface area contributed by atoms with Crippen LogP contribution in [-0.4, -0.2) is 27.6 Å². The molecule has 0 saturated heterocycles. The second-order valence-electron chi connectivity index (χ2n) is 14.8. The van der Waals surface area contributed by atoms with Gasteiger partial charge in [0.1, 0.15) is 0 Å². The second-order valence-corrected chi connectivity index (χ2v) is 19.9. The number of hydrogen-bond donors (Lipinski definition) is 0. The van der Waals surface area contributed by atoms with E-state index in [1.165, 1.54) is 22.0 Å². The average Bonchev–Trinajstić information content (AvgIpc) is 3.70. The first-order chi connectivity index (χ1) is 24.5. The molecule has 8 aromatic rings. The SMILES string of the molecule is CC(C)c1cccc(C(C)C)c1-n1c(-c2[c-]cccc2)nc2ccccc21.Cc1ccc2c(n1)oc1c(-c3ccc([Si](C)(C)C)cn3)[c-]ccc12.[Ir]. The maximum absolute atomic E-state index is 6.04. The van der Waals surface area contributed by atoms with Gasteiger partial charge in [-0.2, -0.15) is 0 Å². The van der Waals surface area contributed by atoms with Crippen LogP contribution in [0, 0.1) is 19.1 Å². The van der Waals surface area contributed by atoms with Crippen molar-refractivity contribution in [3.8, 4) is 28.3 Å². The van der Waals surface area contributed by atoms with E-state index in [9.17, 15) is 0 Å². The smallest absolute Gasteiger partial charge is 0.216 e. The summed E-state index contributed by atoms with van der Waals surface area (Å²) in [7, 11) is -1.35. The minimum atomic E-state index is -1.35. The maximum atomic E-state index is 6.04. The first-order valence-corrected chi connectivity index (χ1v) is 21.3. The molecule has 7 heteroatoms. The van der Waals surface area contributed by atoms with E-state index in [0.717, 1.165) is 55.7 Å². The maximum Gasteiger partial charge on any atom is 0.216 e. The van der Waals surface area contributed by atoms with Gasteiger partial charge in [-0.1, -0.05) is 101 Å². The van der Waals surface area contributed by atoms with E-state index in [4.69, 9.17) is 9.40 Å². The fourth-order valence-electron chi connectivity index (χ4n) is 6.63. The number of rotatable bonds is 6. The molecule has 0 fully saturated rings. The Balaban J connectivity index is 0.000000176. The molecule has 1 radical (unpaired) electrons. The fourth-order valence-corrected chi connectivity index (χ4v) is 7.66. The molecule has 0 aliphatic heterocycles. The summed E-state index contributed by atoms with van der Waals surface area (Å²) in [5.41, 5.74) is 11.3. The number of furan rings is 1. The van der Waals surface area contributed by atoms with Crippen LogP contribution in [0.4, 0.5) is 0 Å². The van der Waals surface area contributed by atoms with E-state index < -0.39 is 8.07 Å². The first kappa shape index (κ1) is 37.1. The predicted octanol–water partition coefficient (Wildman–Crippen LogP) is 11.4. The standard InChI is InChI=1S/C25H25N2.C20H19N2OSi.Ir/c1-17(2)20-13-10-14-21(18(3)4)24(20)27-23-16-9-8-15-22(23)26-25(27)19-11-6-5-7-12-19;1-13-8-10-16-15-6-5-7-17(19(15)23-20(16)22-13)18-11-9-14(12-21-18)24(2,3)4;/h5-11,13-18H,1-4H3;5-6,8-12H,1-4H3;/q2*-1;. The Labute approximate surface area is 321 Å². The van der Waals surface area contributed by atoms with E-state index in [-0.39, 0.29) is 20.1 Å². The van der Waals surface area contributed by atoms with Crippen molar-refractivity contribution in [3.63, 3.8) is 0 Å². The van der Waals surface area contributed by atoms with E-state index >= 15 is 0 Å². The Morgan fingerprint density at radius 1 is 0.712 bits per heavy atom. The summed E-state index contributed by atoms with van der Waals surface area (Å²) < 4.78 is 8.38. The van der Waals surface area contributed by atoms with Crippen LogP contribution in [0.1, 0.15) is 56.4 Å². The van der Waals surface area contributed by atoms with E-state index in [0.29, 0.717) is 17.5 Å². The topological polar surface area (TPSA) is 56.7 Å². The zero-order valence-electron chi connectivity index (χ0n) is 31.1. The van der Waals surface area contributed by atoms with E-state index in [2.05, 4.69) is 141 Å². The molecule has 0 saturated carbocycles. The van der Waals surface area contributed by atoms with Gasteiger partial charge in [0.05, 0.1) is 30.5 Å². The number of pyridine rings is 2. The van der Waals surface area contributed by atoms with Gasteiger partial charge in [-0.05, 0) is 65.0 Å². The van der Waals surface area contributed by atoms with Gasteiger partial charge in [-0.25, -0.2) is 4.98 Å². The molecule has 0 atom stereocenters. The normalized spacial score (nSPS) is 11.7. The molecule has 8 rings (SSSR count). The molecule has 0 spiro atoms. The van der Waals surface area contributed by atoms with Crippen molar-refractivity contribution >= 4 is 46.4 Å². The summed E-state index contributed by atoms with van der Waals surface area (Å²) >= 11 is 0. The number of para-hydroxylation sites is 3. The molecule has 0 aliphatic carbocycles. The van der Waals surface area contributed by atoms with Crippen molar-refractivity contribution in [2.24, 2.45) is 0 Å². The third-order valence-corrected chi connectivity index (χ3v) is 11.4. The molecule has 4 aromatic heterocycles. The summed E-state index contributed by atoms with van der Waals surface area (Å²) in [6.45, 7) is 18.0. The molecule has 0 amide bonds. The van der Waals surface area contributed by atoms with Crippen molar-refractivity contribution < 1.29 is 24.5 Å². The van der Waals surface area contributed by atoms with Crippen molar-refractivity contribution in [1.29, 1.82) is 0 Å². The first-order valence-electron chi connectivity index (χ1n) is 17.8. The summed E-state index contributed by atoms with van der Waals surface area (Å²) in [6.07, 6.45) is 2.00. The monoisotopic (exact) mass is 877 g/mol. The van der Waals surface area contributed by atoms with Crippen LogP contribution >= 0.6 is 0 Å². The minimum Gasteiger partial charge on any atom is -0.486 e. The quantitative estimate of drug-likeness (QED) is 0.123. The van der Waals surface area contributed by atoms with Crippen LogP contribution in [0.25, 0.3) is 61.4 Å². The van der Waals surface area contributed by atoms with Gasteiger partial charge in [0.2, 0.25) is 5.71 Å². The van der Waals surface area contributed by atoms with Crippen LogP contribution in [0.3, 0.4) is 0 Å². The number of aryl methyl sites for hydroxylation is 1. The Bertz CT molecular complexity index is 2450. The van der Waals surface area contributed by atoms with Gasteiger partial charge in [-0.15, -0.1) is 54.1 Å². The molecule has 4 heterocycles. The van der Waals surface area contributed by atoms with E-state index in [1.54, 1.807) is 0 Å². The Morgan fingerprint density at radius 3 is 2.10 bits per heavy atom. The molecule has 0 bridgehead atoms. The number of benzene rings is 4. The molecule has 265 valence electrons. The summed E-state index contributed by atoms with van der Waals surface area (Å²) in [4.78, 5) is 14.2. The van der Waals surface area contributed by atoms with Crippen molar-refractivity contribution in [1.82, 2.24) is 19.5 Å². The van der Waals surface area contributed by atoms with Crippen LogP contribution in [0.2, 0.25) is 19.6 Å². The molecular weight excluding hydrogens is 833 g/mol. The number of hydrogen-bond acceptors (Lipinski definition) is 4. The largest absolute Gasteiger partial charge is 0.486 e. The predicted molar refractivity (Wildman–Crippen MR) is 215 cm³/mol. The van der Waals surface area contributed by atoms with Crippen molar-refractivity contribution in [3.05, 3.63) is 138 Å². The number of imidazole rings is 1. The molecular formula is C45H44IrN4OSi-2. The molecule has 5 nitrogen and oxygen atoms in total. The van der Waals surface area contributed by atoms with Crippen LogP contribution in [0.5, 0.6) is 0 Å². The van der Waals surface area contributed by atoms with Gasteiger partial charge in [0, 0.05) is 43.1 Å². The Kier molecular flexibility index (Phi) is 10.8. The number of aromatic nitrogens is 4. The van der Waals surface area contributed by atoms with Gasteiger partial charge < -0.3 is 14.0 Å². The summed E-state index contributed by atoms with van der Waals surface area (Å²) in [6, 6.07) is 42.1. The van der Waals surface area contributed by atoms with Crippen LogP contribution in [0.15, 0.2) is 114 Å². The fraction of sp³-hybridized carbons (Fsp3) is 0.222. The number of fused-ring (bicyclic) bond motifs is 4. The van der Waals surface area contributed by atoms with Gasteiger partial charge in [0.25, 0.3) is 0 Å². The third kappa shape index (κ3) is 7.18. The van der Waals surface area contributed by atoms with Crippen LogP contribution < -0.4 is 5.19 Å². The molecule has 52 heavy (non-hydrogen) atoms. The number of nitrogens with zero attached hydrogens (tertiary/aromatic N) is 4. The average molecular weight is 877 g/mol. The zero-order valence-corrected chi connectivity index (χ0v) is 34.5. The van der Waals surface area contributed by atoms with Gasteiger partial charge in [-0.3, -0.25) is 4.98 Å². The zero-order chi connectivity index (χ0) is 35.9. The second kappa shape index (κ2) is 15.1. The molecule has 0 aliphatic rings. The van der Waals surface area contributed by atoms with E-state index in [1.807, 2.05) is 49.5 Å². The van der Waals surface area contributed by atoms with Gasteiger partial charge in [0.15, 0.2) is 0 Å². The molecule has 4 aromatic carbocycles. The molecule has 0 N–H and O–H groups in total. The van der Waals surface area contributed by atoms with Crippen molar-refractivity contribution in [2.45, 2.75) is 66.1 Å². The Morgan fingerprint density at radius 2 is 1.44 bits per heavy atom. The minimum absolute atomic E-state index is 0. The third-order valence-electron chi connectivity index (χ3n) is 9.40. The van der Waals surface area contributed by atoms with Crippen molar-refractivity contribution in [2.75, 3.05) is 0 Å². The van der Waals surface area contributed by atoms with Gasteiger partial charge >= 0.3 is 0 Å².